The average Bonchev–Trinajstić information content (AvgIpc) is 3.24. The highest BCUT2D eigenvalue weighted by molar-refractivity contribution is 6.12. The summed E-state index contributed by atoms with van der Waals surface area (Å²) in [7, 11) is 0. The van der Waals surface area contributed by atoms with E-state index in [4.69, 9.17) is 4.74 Å². The molecule has 10 nitrogen and oxygen atoms in total. The van der Waals surface area contributed by atoms with Crippen LogP contribution in [0.15, 0.2) is 42.5 Å². The summed E-state index contributed by atoms with van der Waals surface area (Å²) >= 11 is 0. The molecule has 5 amide bonds. The largest absolute Gasteiger partial charge is 0.494 e. The number of hydrogen-bond acceptors (Lipinski definition) is 6. The molecular weight excluding hydrogens is 488 g/mol. The molecule has 1 heterocycles. The number of rotatable bonds is 15. The molecule has 0 bridgehead atoms. The van der Waals surface area contributed by atoms with Crippen molar-refractivity contribution in [1.82, 2.24) is 20.9 Å². The van der Waals surface area contributed by atoms with Crippen LogP contribution >= 0.6 is 0 Å². The van der Waals surface area contributed by atoms with E-state index in [0.29, 0.717) is 45.6 Å². The van der Waals surface area contributed by atoms with Crippen LogP contribution in [0.2, 0.25) is 0 Å². The third kappa shape index (κ3) is 9.99. The van der Waals surface area contributed by atoms with Gasteiger partial charge < -0.3 is 20.7 Å². The second kappa shape index (κ2) is 15.5. The maximum Gasteiger partial charge on any atom is 0.253 e. The van der Waals surface area contributed by atoms with Crippen molar-refractivity contribution in [3.63, 3.8) is 0 Å². The van der Waals surface area contributed by atoms with Crippen LogP contribution in [0.3, 0.4) is 0 Å². The number of unbranched alkanes of at least 4 members (excludes halogenated alkanes) is 1. The van der Waals surface area contributed by atoms with Crippen molar-refractivity contribution in [3.05, 3.63) is 42.5 Å². The molecule has 38 heavy (non-hydrogen) atoms. The standard InChI is InChI=1S/C28H38N4O6/c33-24(29-16-4-5-19-38-23-6-2-1-3-7-23)12-13-25(34)30-17-18-31-28(37)22-10-8-21(9-11-22)20-32-26(35)14-15-27(32)36/h1-3,6-7,14-15,21-22H,4-5,8-13,16-20H2,(H,29,33)(H,30,34)(H,31,37). The Balaban J connectivity index is 1.15. The zero-order chi connectivity index (χ0) is 27.2. The van der Waals surface area contributed by atoms with Gasteiger partial charge in [-0.05, 0) is 56.6 Å². The summed E-state index contributed by atoms with van der Waals surface area (Å²) in [5.41, 5.74) is 0. The number of imide groups is 1. The van der Waals surface area contributed by atoms with Gasteiger partial charge in [-0.3, -0.25) is 28.9 Å². The van der Waals surface area contributed by atoms with Crippen LogP contribution in [0.25, 0.3) is 0 Å². The van der Waals surface area contributed by atoms with Gasteiger partial charge in [-0.2, -0.15) is 0 Å². The summed E-state index contributed by atoms with van der Waals surface area (Å²) in [5.74, 6) is -0.0160. The molecule has 0 spiro atoms. The minimum absolute atomic E-state index is 0.0405. The van der Waals surface area contributed by atoms with E-state index in [1.165, 1.54) is 17.1 Å². The predicted molar refractivity (Wildman–Crippen MR) is 141 cm³/mol. The Bertz CT molecular complexity index is 970. The number of carbonyl (C=O) groups excluding carboxylic acids is 5. The van der Waals surface area contributed by atoms with Crippen LogP contribution in [0, 0.1) is 11.8 Å². The normalized spacial score (nSPS) is 18.8. The minimum atomic E-state index is -0.266. The van der Waals surface area contributed by atoms with Crippen molar-refractivity contribution < 1.29 is 28.7 Å². The summed E-state index contributed by atoms with van der Waals surface area (Å²) in [6.07, 6.45) is 7.41. The molecular formula is C28H38N4O6. The topological polar surface area (TPSA) is 134 Å². The molecule has 1 aliphatic heterocycles. The van der Waals surface area contributed by atoms with E-state index in [1.807, 2.05) is 30.3 Å². The van der Waals surface area contributed by atoms with Crippen molar-refractivity contribution in [1.29, 1.82) is 0 Å². The molecule has 0 saturated heterocycles. The molecule has 3 N–H and O–H groups in total. The lowest BCUT2D eigenvalue weighted by Crippen LogP contribution is -2.40. The quantitative estimate of drug-likeness (QED) is 0.235. The molecule has 1 aromatic rings. The van der Waals surface area contributed by atoms with Crippen LogP contribution in [-0.2, 0) is 24.0 Å². The third-order valence-corrected chi connectivity index (χ3v) is 6.79. The second-order valence-corrected chi connectivity index (χ2v) is 9.70. The van der Waals surface area contributed by atoms with Gasteiger partial charge in [-0.25, -0.2) is 0 Å². The average molecular weight is 527 g/mol. The first-order chi connectivity index (χ1) is 18.4. The first kappa shape index (κ1) is 28.9. The fourth-order valence-electron chi connectivity index (χ4n) is 4.57. The molecule has 2 aliphatic rings. The number of hydrogen-bond donors (Lipinski definition) is 3. The summed E-state index contributed by atoms with van der Waals surface area (Å²) in [6.45, 7) is 2.16. The lowest BCUT2D eigenvalue weighted by atomic mass is 9.81. The number of benzene rings is 1. The van der Waals surface area contributed by atoms with Crippen LogP contribution < -0.4 is 20.7 Å². The zero-order valence-corrected chi connectivity index (χ0v) is 21.8. The predicted octanol–water partition coefficient (Wildman–Crippen LogP) is 1.71. The molecule has 0 atom stereocenters. The number of nitrogens with one attached hydrogen (secondary N) is 3. The molecule has 0 aromatic heterocycles. The highest BCUT2D eigenvalue weighted by atomic mass is 16.5. The molecule has 206 valence electrons. The Hall–Kier alpha value is -3.69. The van der Waals surface area contributed by atoms with Gasteiger partial charge in [0, 0.05) is 57.1 Å². The van der Waals surface area contributed by atoms with E-state index >= 15 is 0 Å². The molecule has 0 radical (unpaired) electrons. The lowest BCUT2D eigenvalue weighted by molar-refractivity contribution is -0.138. The van der Waals surface area contributed by atoms with Gasteiger partial charge in [0.15, 0.2) is 0 Å². The molecule has 3 rings (SSSR count). The fourth-order valence-corrected chi connectivity index (χ4v) is 4.57. The summed E-state index contributed by atoms with van der Waals surface area (Å²) in [5, 5.41) is 8.40. The fraction of sp³-hybridized carbons (Fsp3) is 0.536. The van der Waals surface area contributed by atoms with Crippen LogP contribution in [-0.4, -0.2) is 67.2 Å². The Morgan fingerprint density at radius 1 is 0.789 bits per heavy atom. The number of carbonyl (C=O) groups is 5. The molecule has 1 saturated carbocycles. The first-order valence-electron chi connectivity index (χ1n) is 13.4. The van der Waals surface area contributed by atoms with E-state index in [9.17, 15) is 24.0 Å². The van der Waals surface area contributed by atoms with Crippen LogP contribution in [0.5, 0.6) is 5.75 Å². The maximum atomic E-state index is 12.4. The summed E-state index contributed by atoms with van der Waals surface area (Å²) < 4.78 is 5.60. The molecule has 0 unspecified atom stereocenters. The van der Waals surface area contributed by atoms with Gasteiger partial charge in [-0.15, -0.1) is 0 Å². The van der Waals surface area contributed by atoms with Crippen LogP contribution in [0.1, 0.15) is 51.4 Å². The second-order valence-electron chi connectivity index (χ2n) is 9.70. The van der Waals surface area contributed by atoms with Gasteiger partial charge in [0.05, 0.1) is 6.61 Å². The van der Waals surface area contributed by atoms with E-state index in [1.54, 1.807) is 0 Å². The number of amides is 5. The Kier molecular flexibility index (Phi) is 11.8. The maximum absolute atomic E-state index is 12.4. The number of nitrogens with zero attached hydrogens (tertiary/aromatic N) is 1. The van der Waals surface area contributed by atoms with Crippen molar-refractivity contribution in [3.8, 4) is 5.75 Å². The first-order valence-corrected chi connectivity index (χ1v) is 13.4. The number of para-hydroxylation sites is 1. The van der Waals surface area contributed by atoms with E-state index in [2.05, 4.69) is 16.0 Å². The van der Waals surface area contributed by atoms with Gasteiger partial charge in [0.25, 0.3) is 11.8 Å². The minimum Gasteiger partial charge on any atom is -0.494 e. The highest BCUT2D eigenvalue weighted by Crippen LogP contribution is 2.30. The molecule has 1 aromatic carbocycles. The van der Waals surface area contributed by atoms with Crippen molar-refractivity contribution >= 4 is 29.5 Å². The Morgan fingerprint density at radius 3 is 2.05 bits per heavy atom. The smallest absolute Gasteiger partial charge is 0.253 e. The van der Waals surface area contributed by atoms with E-state index < -0.39 is 0 Å². The summed E-state index contributed by atoms with van der Waals surface area (Å²) in [4.78, 5) is 61.0. The van der Waals surface area contributed by atoms with Crippen molar-refractivity contribution in [2.24, 2.45) is 11.8 Å². The van der Waals surface area contributed by atoms with E-state index in [0.717, 1.165) is 31.4 Å². The molecule has 1 fully saturated rings. The van der Waals surface area contributed by atoms with E-state index in [-0.39, 0.29) is 54.2 Å². The van der Waals surface area contributed by atoms with Gasteiger partial charge in [-0.1, -0.05) is 18.2 Å². The number of ether oxygens (including phenoxy) is 1. The molecule has 10 heteroatoms. The van der Waals surface area contributed by atoms with Crippen molar-refractivity contribution in [2.45, 2.75) is 51.4 Å². The SMILES string of the molecule is O=C(CCC(=O)NCCNC(=O)C1CCC(CN2C(=O)C=CC2=O)CC1)NCCCCOc1ccccc1. The Labute approximate surface area is 223 Å². The third-order valence-electron chi connectivity index (χ3n) is 6.79. The summed E-state index contributed by atoms with van der Waals surface area (Å²) in [6, 6.07) is 9.57. The van der Waals surface area contributed by atoms with Gasteiger partial charge in [0.1, 0.15) is 5.75 Å². The van der Waals surface area contributed by atoms with Crippen molar-refractivity contribution in [2.75, 3.05) is 32.8 Å². The highest BCUT2D eigenvalue weighted by Gasteiger charge is 2.31. The Morgan fingerprint density at radius 2 is 1.39 bits per heavy atom. The monoisotopic (exact) mass is 526 g/mol. The lowest BCUT2D eigenvalue weighted by Gasteiger charge is -2.30. The van der Waals surface area contributed by atoms with Crippen LogP contribution in [0.4, 0.5) is 0 Å². The van der Waals surface area contributed by atoms with Gasteiger partial charge in [0.2, 0.25) is 17.7 Å². The van der Waals surface area contributed by atoms with Gasteiger partial charge >= 0.3 is 0 Å². The molecule has 1 aliphatic carbocycles. The zero-order valence-electron chi connectivity index (χ0n) is 21.8.